The van der Waals surface area contributed by atoms with Crippen LogP contribution in [0.4, 0.5) is 4.79 Å². The smallest absolute Gasteiger partial charge is 0.408 e. The van der Waals surface area contributed by atoms with Crippen molar-refractivity contribution in [2.45, 2.75) is 51.3 Å². The van der Waals surface area contributed by atoms with Crippen molar-refractivity contribution in [2.75, 3.05) is 31.1 Å². The van der Waals surface area contributed by atoms with Gasteiger partial charge in [-0.2, -0.15) is 23.5 Å². The summed E-state index contributed by atoms with van der Waals surface area (Å²) < 4.78 is 9.94. The zero-order valence-corrected chi connectivity index (χ0v) is 17.5. The molecule has 2 atom stereocenters. The van der Waals surface area contributed by atoms with Gasteiger partial charge in [-0.15, -0.1) is 0 Å². The van der Waals surface area contributed by atoms with Gasteiger partial charge in [0.25, 0.3) is 0 Å². The summed E-state index contributed by atoms with van der Waals surface area (Å²) in [5, 5.41) is 5.26. The van der Waals surface area contributed by atoms with E-state index in [4.69, 9.17) is 9.47 Å². The van der Waals surface area contributed by atoms with Gasteiger partial charge in [-0.05, 0) is 57.6 Å². The third-order valence-corrected chi connectivity index (χ3v) is 4.32. The zero-order chi connectivity index (χ0) is 19.5. The van der Waals surface area contributed by atoms with Gasteiger partial charge >= 0.3 is 12.1 Å². The van der Waals surface area contributed by atoms with E-state index >= 15 is 0 Å². The van der Waals surface area contributed by atoms with Crippen LogP contribution in [-0.2, 0) is 19.1 Å². The molecule has 0 unspecified atom stereocenters. The zero-order valence-electron chi connectivity index (χ0n) is 15.8. The molecule has 0 fully saturated rings. The van der Waals surface area contributed by atoms with Gasteiger partial charge in [-0.25, -0.2) is 9.59 Å². The molecule has 0 aliphatic carbocycles. The number of alkyl carbamates (subject to hydrolysis) is 1. The lowest BCUT2D eigenvalue weighted by atomic mass is 10.1. The van der Waals surface area contributed by atoms with E-state index in [-0.39, 0.29) is 0 Å². The number of thioether (sulfide) groups is 2. The molecule has 2 N–H and O–H groups in total. The molecule has 0 saturated carbocycles. The van der Waals surface area contributed by atoms with Crippen molar-refractivity contribution < 1.29 is 23.9 Å². The fourth-order valence-corrected chi connectivity index (χ4v) is 2.80. The SMILES string of the molecule is COC(=O)[C@H](CCSC)NC(=O)[C@H](CCSC)NC(=O)OC(C)(C)C. The summed E-state index contributed by atoms with van der Waals surface area (Å²) >= 11 is 3.14. The molecule has 146 valence electrons. The highest BCUT2D eigenvalue weighted by atomic mass is 32.2. The highest BCUT2D eigenvalue weighted by Crippen LogP contribution is 2.09. The predicted molar refractivity (Wildman–Crippen MR) is 103 cm³/mol. The van der Waals surface area contributed by atoms with Crippen LogP contribution in [0.2, 0.25) is 0 Å². The third-order valence-electron chi connectivity index (χ3n) is 3.03. The van der Waals surface area contributed by atoms with Gasteiger partial charge in [-0.3, -0.25) is 4.79 Å². The fraction of sp³-hybridized carbons (Fsp3) is 0.812. The van der Waals surface area contributed by atoms with Gasteiger partial charge in [0.1, 0.15) is 17.7 Å². The van der Waals surface area contributed by atoms with Crippen LogP contribution in [0.1, 0.15) is 33.6 Å². The van der Waals surface area contributed by atoms with Crippen molar-refractivity contribution in [1.29, 1.82) is 0 Å². The van der Waals surface area contributed by atoms with Gasteiger partial charge in [0.15, 0.2) is 0 Å². The molecule has 0 aromatic heterocycles. The van der Waals surface area contributed by atoms with E-state index in [0.717, 1.165) is 0 Å². The Hall–Kier alpha value is -1.09. The number of hydrogen-bond acceptors (Lipinski definition) is 7. The Morgan fingerprint density at radius 2 is 1.48 bits per heavy atom. The molecule has 0 radical (unpaired) electrons. The Kier molecular flexibility index (Phi) is 11.8. The van der Waals surface area contributed by atoms with E-state index in [9.17, 15) is 14.4 Å². The Bertz CT molecular complexity index is 441. The van der Waals surface area contributed by atoms with Gasteiger partial charge in [0, 0.05) is 0 Å². The predicted octanol–water partition coefficient (Wildman–Crippen LogP) is 2.04. The van der Waals surface area contributed by atoms with Crippen LogP contribution in [0.5, 0.6) is 0 Å². The third kappa shape index (κ3) is 11.2. The number of esters is 1. The largest absolute Gasteiger partial charge is 0.467 e. The molecule has 0 aliphatic rings. The second-order valence-corrected chi connectivity index (χ2v) is 8.32. The van der Waals surface area contributed by atoms with Crippen LogP contribution in [0, 0.1) is 0 Å². The second kappa shape index (κ2) is 12.3. The number of carbonyl (C=O) groups excluding carboxylic acids is 3. The van der Waals surface area contributed by atoms with Gasteiger partial charge < -0.3 is 20.1 Å². The van der Waals surface area contributed by atoms with Crippen LogP contribution in [0.3, 0.4) is 0 Å². The molecular formula is C16H30N2O5S2. The van der Waals surface area contributed by atoms with Crippen molar-refractivity contribution in [1.82, 2.24) is 10.6 Å². The quantitative estimate of drug-likeness (QED) is 0.548. The lowest BCUT2D eigenvalue weighted by Gasteiger charge is -2.24. The lowest BCUT2D eigenvalue weighted by Crippen LogP contribution is -2.52. The highest BCUT2D eigenvalue weighted by molar-refractivity contribution is 7.98. The van der Waals surface area contributed by atoms with E-state index in [0.29, 0.717) is 24.3 Å². The van der Waals surface area contributed by atoms with Gasteiger partial charge in [0.2, 0.25) is 5.91 Å². The molecule has 0 spiro atoms. The number of rotatable bonds is 10. The average molecular weight is 395 g/mol. The van der Waals surface area contributed by atoms with Gasteiger partial charge in [0.05, 0.1) is 7.11 Å². The number of carbonyl (C=O) groups is 3. The number of ether oxygens (including phenoxy) is 2. The molecule has 2 amide bonds. The first kappa shape index (κ1) is 23.9. The fourth-order valence-electron chi connectivity index (χ4n) is 1.85. The molecule has 0 aliphatic heterocycles. The summed E-state index contributed by atoms with van der Waals surface area (Å²) in [6.45, 7) is 5.25. The number of methoxy groups -OCH3 is 1. The Morgan fingerprint density at radius 3 is 1.92 bits per heavy atom. The standard InChI is InChI=1S/C16H30N2O5S2/c1-16(2,3)23-15(21)18-11(7-9-24-5)13(19)17-12(8-10-25-6)14(20)22-4/h11-12H,7-10H2,1-6H3,(H,17,19)(H,18,21)/t11-,12-/m0/s1. The maximum atomic E-state index is 12.5. The van der Waals surface area contributed by atoms with Crippen molar-refractivity contribution >= 4 is 41.5 Å². The molecule has 0 rings (SSSR count). The molecule has 25 heavy (non-hydrogen) atoms. The summed E-state index contributed by atoms with van der Waals surface area (Å²) in [6, 6.07) is -1.51. The minimum Gasteiger partial charge on any atom is -0.467 e. The molecule has 0 aromatic carbocycles. The first-order chi connectivity index (χ1) is 11.6. The van der Waals surface area contributed by atoms with E-state index in [2.05, 4.69) is 10.6 Å². The van der Waals surface area contributed by atoms with Gasteiger partial charge in [-0.1, -0.05) is 0 Å². The molecule has 0 aromatic rings. The van der Waals surface area contributed by atoms with Crippen molar-refractivity contribution in [3.63, 3.8) is 0 Å². The summed E-state index contributed by atoms with van der Waals surface area (Å²) in [7, 11) is 1.28. The average Bonchev–Trinajstić information content (AvgIpc) is 2.52. The summed E-state index contributed by atoms with van der Waals surface area (Å²) in [5.74, 6) is 0.469. The minimum absolute atomic E-state index is 0.420. The van der Waals surface area contributed by atoms with Crippen molar-refractivity contribution in [3.05, 3.63) is 0 Å². The molecule has 7 nitrogen and oxygen atoms in total. The molecule has 0 saturated heterocycles. The van der Waals surface area contributed by atoms with Crippen molar-refractivity contribution in [3.8, 4) is 0 Å². The van der Waals surface area contributed by atoms with Crippen LogP contribution < -0.4 is 10.6 Å². The Labute approximate surface area is 158 Å². The normalized spacial score (nSPS) is 13.5. The van der Waals surface area contributed by atoms with Crippen molar-refractivity contribution in [2.24, 2.45) is 0 Å². The highest BCUT2D eigenvalue weighted by Gasteiger charge is 2.28. The Morgan fingerprint density at radius 1 is 0.960 bits per heavy atom. The van der Waals surface area contributed by atoms with E-state index in [1.165, 1.54) is 7.11 Å². The van der Waals surface area contributed by atoms with E-state index < -0.39 is 35.7 Å². The second-order valence-electron chi connectivity index (χ2n) is 6.35. The molecular weight excluding hydrogens is 364 g/mol. The summed E-state index contributed by atoms with van der Waals surface area (Å²) in [5.41, 5.74) is -0.655. The number of nitrogens with one attached hydrogen (secondary N) is 2. The van der Waals surface area contributed by atoms with Crippen LogP contribution >= 0.6 is 23.5 Å². The molecule has 9 heteroatoms. The molecule has 0 heterocycles. The monoisotopic (exact) mass is 394 g/mol. The molecule has 0 bridgehead atoms. The summed E-state index contributed by atoms with van der Waals surface area (Å²) in [4.78, 5) is 36.3. The summed E-state index contributed by atoms with van der Waals surface area (Å²) in [6.07, 6.45) is 4.07. The maximum Gasteiger partial charge on any atom is 0.408 e. The number of hydrogen-bond donors (Lipinski definition) is 2. The topological polar surface area (TPSA) is 93.7 Å². The maximum absolute atomic E-state index is 12.5. The minimum atomic E-state index is -0.774. The number of amides is 2. The Balaban J connectivity index is 4.94. The van der Waals surface area contributed by atoms with E-state index in [1.807, 2.05) is 12.5 Å². The van der Waals surface area contributed by atoms with E-state index in [1.54, 1.807) is 44.3 Å². The van der Waals surface area contributed by atoms with Crippen LogP contribution in [0.15, 0.2) is 0 Å². The first-order valence-corrected chi connectivity index (χ1v) is 10.8. The lowest BCUT2D eigenvalue weighted by molar-refractivity contribution is -0.145. The van der Waals surface area contributed by atoms with Crippen LogP contribution in [0.25, 0.3) is 0 Å². The van der Waals surface area contributed by atoms with Crippen LogP contribution in [-0.4, -0.2) is 66.8 Å². The first-order valence-electron chi connectivity index (χ1n) is 8.00.